The molecule has 2 atom stereocenters. The molecule has 7 N–H and O–H groups in total. The summed E-state index contributed by atoms with van der Waals surface area (Å²) in [5.41, 5.74) is 9.99. The molecule has 1 aromatic rings. The van der Waals surface area contributed by atoms with Crippen molar-refractivity contribution in [3.05, 3.63) is 18.2 Å². The number of carbonyl (C=O) groups is 4. The summed E-state index contributed by atoms with van der Waals surface area (Å²) in [5.74, 6) is -0.922. The number of thioether (sulfide) groups is 1. The number of imidazole rings is 1. The average molecular weight is 370 g/mol. The van der Waals surface area contributed by atoms with Crippen LogP contribution in [0.25, 0.3) is 0 Å². The van der Waals surface area contributed by atoms with E-state index < -0.39 is 28.6 Å². The third-order valence-corrected chi connectivity index (χ3v) is 4.22. The number of hydrogen-bond donors (Lipinski definition) is 5. The Morgan fingerprint density at radius 2 is 2.16 bits per heavy atom. The maximum atomic E-state index is 12.8. The van der Waals surface area contributed by atoms with Crippen molar-refractivity contribution in [2.45, 2.75) is 31.5 Å². The summed E-state index contributed by atoms with van der Waals surface area (Å²) in [5, 5.41) is 4.35. The quantitative estimate of drug-likeness (QED) is 0.189. The second-order valence-electron chi connectivity index (χ2n) is 5.15. The lowest BCUT2D eigenvalue weighted by Gasteiger charge is -2.37. The van der Waals surface area contributed by atoms with Crippen molar-refractivity contribution in [1.82, 2.24) is 20.6 Å². The van der Waals surface area contributed by atoms with Crippen LogP contribution >= 0.6 is 11.8 Å². The number of aromatic nitrogens is 2. The van der Waals surface area contributed by atoms with Crippen LogP contribution in [0.3, 0.4) is 0 Å². The highest BCUT2D eigenvalue weighted by Crippen LogP contribution is 2.26. The van der Waals surface area contributed by atoms with Crippen molar-refractivity contribution < 1.29 is 19.2 Å². The number of nitrogens with two attached hydrogens (primary N) is 2. The lowest BCUT2D eigenvalue weighted by molar-refractivity contribution is -0.134. The van der Waals surface area contributed by atoms with Crippen LogP contribution in [0.4, 0.5) is 0 Å². The molecule has 1 aromatic heterocycles. The lowest BCUT2D eigenvalue weighted by Crippen LogP contribution is -2.69. The molecular formula is C14H22N6O4S. The Bertz CT molecular complexity index is 608. The van der Waals surface area contributed by atoms with Gasteiger partial charge in [0.15, 0.2) is 0 Å². The summed E-state index contributed by atoms with van der Waals surface area (Å²) < 4.78 is 0. The number of H-pyrrole nitrogens is 1. The molecule has 11 heteroatoms. The predicted octanol–water partition coefficient (Wildman–Crippen LogP) is -1.44. The Morgan fingerprint density at radius 1 is 1.44 bits per heavy atom. The molecule has 1 unspecified atom stereocenters. The molecule has 2 amide bonds. The zero-order valence-corrected chi connectivity index (χ0v) is 14.6. The van der Waals surface area contributed by atoms with E-state index in [2.05, 4.69) is 20.6 Å². The van der Waals surface area contributed by atoms with Crippen LogP contribution in [-0.4, -0.2) is 51.1 Å². The van der Waals surface area contributed by atoms with Gasteiger partial charge in [-0.2, -0.15) is 0 Å². The zero-order chi connectivity index (χ0) is 18.9. The standard InChI is InChI=1S/C14H22N6O4S/c1-9(22)19-14(20-11(23)3-4-15,13(24)25-6-2-5-21)12(16)10-7-17-8-18-10/h5,7-8,12H,2-4,6,15-16H2,1H3,(H,17,18)(H,19,22)(H,20,23)/t12?,14-/m0/s1. The van der Waals surface area contributed by atoms with Gasteiger partial charge in [-0.3, -0.25) is 14.4 Å². The topological polar surface area (TPSA) is 173 Å². The molecule has 0 bridgehead atoms. The summed E-state index contributed by atoms with van der Waals surface area (Å²) in [4.78, 5) is 53.7. The fourth-order valence-corrected chi connectivity index (χ4v) is 2.95. The van der Waals surface area contributed by atoms with Crippen molar-refractivity contribution in [1.29, 1.82) is 0 Å². The van der Waals surface area contributed by atoms with Gasteiger partial charge >= 0.3 is 0 Å². The summed E-state index contributed by atoms with van der Waals surface area (Å²) in [6.07, 6.45) is 3.51. The molecule has 10 nitrogen and oxygen atoms in total. The molecule has 0 aromatic carbocycles. The van der Waals surface area contributed by atoms with Crippen molar-refractivity contribution in [2.24, 2.45) is 11.5 Å². The van der Waals surface area contributed by atoms with Gasteiger partial charge in [0.25, 0.3) is 0 Å². The third-order valence-electron chi connectivity index (χ3n) is 3.19. The van der Waals surface area contributed by atoms with Crippen molar-refractivity contribution in [2.75, 3.05) is 12.3 Å². The van der Waals surface area contributed by atoms with Crippen LogP contribution in [-0.2, 0) is 19.2 Å². The number of aromatic amines is 1. The van der Waals surface area contributed by atoms with E-state index >= 15 is 0 Å². The molecular weight excluding hydrogens is 348 g/mol. The molecule has 0 fully saturated rings. The number of nitrogens with one attached hydrogen (secondary N) is 3. The van der Waals surface area contributed by atoms with Crippen LogP contribution in [0.5, 0.6) is 0 Å². The maximum absolute atomic E-state index is 12.8. The van der Waals surface area contributed by atoms with E-state index in [9.17, 15) is 19.2 Å². The first-order valence-electron chi connectivity index (χ1n) is 7.52. The molecule has 1 rings (SSSR count). The second-order valence-corrected chi connectivity index (χ2v) is 6.22. The van der Waals surface area contributed by atoms with Crippen LogP contribution < -0.4 is 22.1 Å². The molecule has 138 valence electrons. The average Bonchev–Trinajstić information content (AvgIpc) is 3.07. The van der Waals surface area contributed by atoms with E-state index in [0.29, 0.717) is 12.0 Å². The number of hydrogen-bond acceptors (Lipinski definition) is 8. The van der Waals surface area contributed by atoms with Gasteiger partial charge in [-0.1, -0.05) is 11.8 Å². The summed E-state index contributed by atoms with van der Waals surface area (Å²) in [6.45, 7) is 1.26. The van der Waals surface area contributed by atoms with Crippen LogP contribution in [0, 0.1) is 0 Å². The van der Waals surface area contributed by atoms with Crippen molar-refractivity contribution in [3.63, 3.8) is 0 Å². The first-order valence-corrected chi connectivity index (χ1v) is 8.50. The summed E-state index contributed by atoms with van der Waals surface area (Å²) in [6, 6.07) is -1.13. The summed E-state index contributed by atoms with van der Waals surface area (Å²) >= 11 is 0.790. The minimum atomic E-state index is -1.90. The number of nitrogens with zero attached hydrogens (tertiary/aromatic N) is 1. The highest BCUT2D eigenvalue weighted by atomic mass is 32.2. The normalized spacial score (nSPS) is 14.2. The minimum absolute atomic E-state index is 0.0523. The largest absolute Gasteiger partial charge is 0.347 e. The Morgan fingerprint density at radius 3 is 2.68 bits per heavy atom. The van der Waals surface area contributed by atoms with Crippen LogP contribution in [0.2, 0.25) is 0 Å². The van der Waals surface area contributed by atoms with Gasteiger partial charge in [-0.15, -0.1) is 0 Å². The van der Waals surface area contributed by atoms with Gasteiger partial charge in [-0.25, -0.2) is 4.98 Å². The number of rotatable bonds is 10. The first-order chi connectivity index (χ1) is 11.9. The van der Waals surface area contributed by atoms with Crippen molar-refractivity contribution >= 4 is 35.0 Å². The van der Waals surface area contributed by atoms with Crippen LogP contribution in [0.1, 0.15) is 31.5 Å². The monoisotopic (exact) mass is 370 g/mol. The fraction of sp³-hybridized carbons (Fsp3) is 0.500. The molecule has 0 spiro atoms. The third kappa shape index (κ3) is 5.66. The molecule has 0 aliphatic carbocycles. The van der Waals surface area contributed by atoms with E-state index in [0.717, 1.165) is 11.8 Å². The van der Waals surface area contributed by atoms with E-state index in [1.165, 1.54) is 19.4 Å². The molecule has 1 heterocycles. The predicted molar refractivity (Wildman–Crippen MR) is 92.0 cm³/mol. The fourth-order valence-electron chi connectivity index (χ4n) is 2.09. The molecule has 0 radical (unpaired) electrons. The van der Waals surface area contributed by atoms with Gasteiger partial charge in [0.05, 0.1) is 18.1 Å². The van der Waals surface area contributed by atoms with E-state index in [4.69, 9.17) is 11.5 Å². The van der Waals surface area contributed by atoms with E-state index in [-0.39, 0.29) is 25.1 Å². The Kier molecular flexibility index (Phi) is 8.25. The maximum Gasteiger partial charge on any atom is 0.237 e. The highest BCUT2D eigenvalue weighted by molar-refractivity contribution is 8.13. The van der Waals surface area contributed by atoms with Crippen LogP contribution in [0.15, 0.2) is 12.5 Å². The first kappa shape index (κ1) is 20.8. The van der Waals surface area contributed by atoms with E-state index in [1.54, 1.807) is 0 Å². The SMILES string of the molecule is CC(=O)N[C@@](NC(=O)CCN)(C(=O)SCCC=O)C(N)c1cnc[nH]1. The van der Waals surface area contributed by atoms with Gasteiger partial charge < -0.3 is 31.9 Å². The Hall–Kier alpha value is -2.24. The number of amides is 2. The second kappa shape index (κ2) is 9.91. The molecule has 0 saturated carbocycles. The van der Waals surface area contributed by atoms with Gasteiger partial charge in [0.2, 0.25) is 22.6 Å². The van der Waals surface area contributed by atoms with Gasteiger partial charge in [0, 0.05) is 38.3 Å². The lowest BCUT2D eigenvalue weighted by atomic mass is 9.98. The van der Waals surface area contributed by atoms with Crippen molar-refractivity contribution in [3.8, 4) is 0 Å². The molecule has 25 heavy (non-hydrogen) atoms. The summed E-state index contributed by atoms with van der Waals surface area (Å²) in [7, 11) is 0. The minimum Gasteiger partial charge on any atom is -0.347 e. The number of aldehydes is 1. The van der Waals surface area contributed by atoms with E-state index in [1.807, 2.05) is 0 Å². The zero-order valence-electron chi connectivity index (χ0n) is 13.8. The Labute approximate surface area is 148 Å². The number of carbonyl (C=O) groups excluding carboxylic acids is 4. The highest BCUT2D eigenvalue weighted by Gasteiger charge is 2.47. The molecule has 0 saturated heterocycles. The molecule has 0 aliphatic rings. The van der Waals surface area contributed by atoms with Gasteiger partial charge in [-0.05, 0) is 0 Å². The van der Waals surface area contributed by atoms with Gasteiger partial charge in [0.1, 0.15) is 6.29 Å². The Balaban J connectivity index is 3.25. The molecule has 0 aliphatic heterocycles. The smallest absolute Gasteiger partial charge is 0.237 e.